The van der Waals surface area contributed by atoms with E-state index in [0.717, 1.165) is 28.4 Å². The molecule has 2 bridgehead atoms. The van der Waals surface area contributed by atoms with Crippen LogP contribution in [0.1, 0.15) is 52.0 Å². The maximum absolute atomic E-state index is 12.5. The van der Waals surface area contributed by atoms with Gasteiger partial charge in [0.15, 0.2) is 0 Å². The molecular formula is C23H29BN2O6. The lowest BCUT2D eigenvalue weighted by molar-refractivity contribution is -0.199. The van der Waals surface area contributed by atoms with Crippen LogP contribution in [0, 0.1) is 17.3 Å². The first-order valence-electron chi connectivity index (χ1n) is 11.4. The number of carboxylic acid groups (broad SMARTS) is 1. The number of rotatable bonds is 5. The van der Waals surface area contributed by atoms with Gasteiger partial charge in [-0.2, -0.15) is 5.01 Å². The van der Waals surface area contributed by atoms with Crippen LogP contribution in [0.3, 0.4) is 0 Å². The van der Waals surface area contributed by atoms with Gasteiger partial charge in [-0.05, 0) is 49.0 Å². The van der Waals surface area contributed by atoms with Crippen LogP contribution in [0.15, 0.2) is 30.3 Å². The standard InChI is InChI=1S/C23H29BN2O6/c1-22(2)15-12-16(22)23(3)17(13-15)31-24(32-23)18(11-14-7-5-4-6-8-14)25(21(29)30)26-19(27)9-10-20(26)28/h4-8,15-18H,9-13H2,1-3H3,(H,29,30)/t15-,16-,17+,18-,23-/m0/s1. The summed E-state index contributed by atoms with van der Waals surface area (Å²) in [5.74, 6) is -1.03. The van der Waals surface area contributed by atoms with Crippen molar-refractivity contribution in [2.24, 2.45) is 17.3 Å². The molecule has 3 aliphatic carbocycles. The fourth-order valence-electron chi connectivity index (χ4n) is 6.40. The zero-order valence-electron chi connectivity index (χ0n) is 18.7. The Kier molecular flexibility index (Phi) is 4.91. The normalized spacial score (nSPS) is 33.7. The minimum absolute atomic E-state index is 0.00529. The topological polar surface area (TPSA) is 96.4 Å². The molecule has 6 rings (SSSR count). The summed E-state index contributed by atoms with van der Waals surface area (Å²) < 4.78 is 12.9. The van der Waals surface area contributed by atoms with Gasteiger partial charge in [-0.15, -0.1) is 0 Å². The third-order valence-corrected chi connectivity index (χ3v) is 8.32. The summed E-state index contributed by atoms with van der Waals surface area (Å²) in [7, 11) is -0.877. The van der Waals surface area contributed by atoms with Gasteiger partial charge in [-0.1, -0.05) is 44.2 Å². The molecular weight excluding hydrogens is 411 g/mol. The summed E-state index contributed by atoms with van der Waals surface area (Å²) in [6, 6.07) is 9.42. The van der Waals surface area contributed by atoms with Gasteiger partial charge in [0.25, 0.3) is 0 Å². The molecule has 0 aromatic heterocycles. The molecule has 1 aromatic carbocycles. The molecule has 3 saturated carbocycles. The smallest absolute Gasteiger partial charge is 0.464 e. The monoisotopic (exact) mass is 440 g/mol. The Hall–Kier alpha value is -2.39. The lowest BCUT2D eigenvalue weighted by atomic mass is 9.43. The number of benzene rings is 1. The van der Waals surface area contributed by atoms with E-state index in [9.17, 15) is 19.5 Å². The van der Waals surface area contributed by atoms with E-state index >= 15 is 0 Å². The minimum atomic E-state index is -1.37. The second-order valence-electron chi connectivity index (χ2n) is 10.3. The van der Waals surface area contributed by atoms with Gasteiger partial charge in [0, 0.05) is 12.8 Å². The number of nitrogens with zero attached hydrogens (tertiary/aromatic N) is 2. The van der Waals surface area contributed by atoms with E-state index in [2.05, 4.69) is 20.8 Å². The Labute approximate surface area is 188 Å². The van der Waals surface area contributed by atoms with E-state index in [-0.39, 0.29) is 30.8 Å². The van der Waals surface area contributed by atoms with Crippen molar-refractivity contribution in [3.8, 4) is 0 Å². The van der Waals surface area contributed by atoms with Crippen molar-refractivity contribution in [3.63, 3.8) is 0 Å². The Morgan fingerprint density at radius 1 is 1.19 bits per heavy atom. The second kappa shape index (κ2) is 7.32. The number of carbonyl (C=O) groups excluding carboxylic acids is 2. The zero-order chi connectivity index (χ0) is 22.8. The van der Waals surface area contributed by atoms with Gasteiger partial charge >= 0.3 is 13.2 Å². The summed E-state index contributed by atoms with van der Waals surface area (Å²) in [6.07, 6.45) is 0.703. The quantitative estimate of drug-likeness (QED) is 0.559. The Balaban J connectivity index is 1.50. The predicted molar refractivity (Wildman–Crippen MR) is 115 cm³/mol. The van der Waals surface area contributed by atoms with Crippen LogP contribution < -0.4 is 0 Å². The Morgan fingerprint density at radius 2 is 1.84 bits per heavy atom. The average molecular weight is 440 g/mol. The number of carbonyl (C=O) groups is 3. The van der Waals surface area contributed by atoms with E-state index in [4.69, 9.17) is 9.31 Å². The van der Waals surface area contributed by atoms with Crippen molar-refractivity contribution >= 4 is 25.0 Å². The number of imide groups is 1. The molecule has 1 N–H and O–H groups in total. The van der Waals surface area contributed by atoms with Gasteiger partial charge in [0.1, 0.15) is 0 Å². The summed E-state index contributed by atoms with van der Waals surface area (Å²) in [5, 5.41) is 11.7. The van der Waals surface area contributed by atoms with E-state index in [1.165, 1.54) is 0 Å². The summed E-state index contributed by atoms with van der Waals surface area (Å²) in [6.45, 7) is 6.59. The van der Waals surface area contributed by atoms with Crippen LogP contribution in [0.2, 0.25) is 0 Å². The fraction of sp³-hybridized carbons (Fsp3) is 0.609. The molecule has 2 aliphatic heterocycles. The lowest BCUT2D eigenvalue weighted by Crippen LogP contribution is -2.65. The highest BCUT2D eigenvalue weighted by Gasteiger charge is 2.69. The van der Waals surface area contributed by atoms with Crippen LogP contribution in [0.4, 0.5) is 4.79 Å². The molecule has 0 spiro atoms. The largest absolute Gasteiger partial charge is 0.484 e. The maximum Gasteiger partial charge on any atom is 0.484 e. The predicted octanol–water partition coefficient (Wildman–Crippen LogP) is 2.91. The molecule has 5 aliphatic rings. The van der Waals surface area contributed by atoms with E-state index in [1.807, 2.05) is 30.3 Å². The molecule has 0 unspecified atom stereocenters. The number of hydrogen-bond donors (Lipinski definition) is 1. The zero-order valence-corrected chi connectivity index (χ0v) is 18.7. The number of amides is 3. The van der Waals surface area contributed by atoms with Gasteiger partial charge < -0.3 is 14.4 Å². The Bertz CT molecular complexity index is 939. The van der Waals surface area contributed by atoms with Crippen LogP contribution in [0.5, 0.6) is 0 Å². The van der Waals surface area contributed by atoms with Crippen molar-refractivity contribution in [2.75, 3.05) is 0 Å². The molecule has 9 heteroatoms. The molecule has 0 radical (unpaired) electrons. The third kappa shape index (κ3) is 3.09. The number of hydrazine groups is 1. The van der Waals surface area contributed by atoms with Crippen molar-refractivity contribution in [2.45, 2.75) is 70.5 Å². The molecule has 2 heterocycles. The second-order valence-corrected chi connectivity index (χ2v) is 10.3. The van der Waals surface area contributed by atoms with E-state index < -0.39 is 36.6 Å². The first-order valence-corrected chi connectivity index (χ1v) is 11.4. The molecule has 2 saturated heterocycles. The highest BCUT2D eigenvalue weighted by atomic mass is 16.7. The molecule has 5 atom stereocenters. The molecule has 32 heavy (non-hydrogen) atoms. The summed E-state index contributed by atoms with van der Waals surface area (Å²) >= 11 is 0. The van der Waals surface area contributed by atoms with Crippen LogP contribution in [-0.4, -0.2) is 57.8 Å². The molecule has 170 valence electrons. The van der Waals surface area contributed by atoms with Crippen LogP contribution in [0.25, 0.3) is 0 Å². The highest BCUT2D eigenvalue weighted by Crippen LogP contribution is 2.65. The van der Waals surface area contributed by atoms with Gasteiger partial charge in [-0.25, -0.2) is 9.80 Å². The first kappa shape index (κ1) is 21.5. The number of hydrogen-bond acceptors (Lipinski definition) is 5. The third-order valence-electron chi connectivity index (χ3n) is 8.32. The van der Waals surface area contributed by atoms with Crippen LogP contribution in [-0.2, 0) is 25.3 Å². The van der Waals surface area contributed by atoms with Crippen molar-refractivity contribution in [3.05, 3.63) is 35.9 Å². The van der Waals surface area contributed by atoms with Crippen molar-refractivity contribution in [1.82, 2.24) is 10.0 Å². The first-order chi connectivity index (χ1) is 15.1. The molecule has 5 fully saturated rings. The SMILES string of the molecule is CC1(C)[C@@H]2C[C@H]3OB([C@H](Cc4ccccc4)N(C(=O)O)N4C(=O)CCC4=O)O[C@@]3(C)[C@H]1C2. The summed E-state index contributed by atoms with van der Waals surface area (Å²) in [4.78, 5) is 37.4. The van der Waals surface area contributed by atoms with Gasteiger partial charge in [0.2, 0.25) is 11.8 Å². The minimum Gasteiger partial charge on any atom is -0.464 e. The van der Waals surface area contributed by atoms with Gasteiger partial charge in [0.05, 0.1) is 17.6 Å². The van der Waals surface area contributed by atoms with Crippen molar-refractivity contribution < 1.29 is 28.8 Å². The van der Waals surface area contributed by atoms with Crippen molar-refractivity contribution in [1.29, 1.82) is 0 Å². The maximum atomic E-state index is 12.5. The van der Waals surface area contributed by atoms with Gasteiger partial charge in [-0.3, -0.25) is 9.59 Å². The molecule has 8 nitrogen and oxygen atoms in total. The fourth-order valence-corrected chi connectivity index (χ4v) is 6.40. The van der Waals surface area contributed by atoms with Crippen LogP contribution >= 0.6 is 0 Å². The average Bonchev–Trinajstić information content (AvgIpc) is 3.27. The highest BCUT2D eigenvalue weighted by molar-refractivity contribution is 6.48. The Morgan fingerprint density at radius 3 is 2.44 bits per heavy atom. The summed E-state index contributed by atoms with van der Waals surface area (Å²) in [5.41, 5.74) is 0.493. The van der Waals surface area contributed by atoms with E-state index in [1.54, 1.807) is 0 Å². The van der Waals surface area contributed by atoms with E-state index in [0.29, 0.717) is 11.8 Å². The molecule has 1 aromatic rings. The lowest BCUT2D eigenvalue weighted by Gasteiger charge is -2.64. The molecule has 3 amide bonds.